The monoisotopic (exact) mass is 235 g/mol. The molecule has 0 bridgehead atoms. The summed E-state index contributed by atoms with van der Waals surface area (Å²) in [5, 5.41) is 0. The van der Waals surface area contributed by atoms with Crippen LogP contribution in [0.1, 0.15) is 34.6 Å². The van der Waals surface area contributed by atoms with Crippen molar-refractivity contribution in [2.24, 2.45) is 0 Å². The molecule has 4 heteroatoms. The molecule has 0 amide bonds. The van der Waals surface area contributed by atoms with E-state index < -0.39 is 8.38 Å². The van der Waals surface area contributed by atoms with Gasteiger partial charge >= 0.3 is 0 Å². The zero-order valence-electron chi connectivity index (χ0n) is 11.0. The van der Waals surface area contributed by atoms with E-state index in [9.17, 15) is 0 Å². The minimum absolute atomic E-state index is 0.573. The normalized spacial score (nSPS) is 14.2. The first-order valence-electron chi connectivity index (χ1n) is 5.74. The Morgan fingerprint density at radius 2 is 1.60 bits per heavy atom. The van der Waals surface area contributed by atoms with Crippen LogP contribution in [0.25, 0.3) is 0 Å². The van der Waals surface area contributed by atoms with Gasteiger partial charge in [0.1, 0.15) is 0 Å². The number of hydrogen-bond acceptors (Lipinski definition) is 3. The molecule has 0 aliphatic carbocycles. The van der Waals surface area contributed by atoms with Crippen molar-refractivity contribution in [1.82, 2.24) is 4.90 Å². The van der Waals surface area contributed by atoms with Crippen LogP contribution in [0.3, 0.4) is 0 Å². The predicted octanol–water partition coefficient (Wildman–Crippen LogP) is 3.10. The van der Waals surface area contributed by atoms with E-state index in [-0.39, 0.29) is 0 Å². The highest BCUT2D eigenvalue weighted by Gasteiger charge is 2.13. The molecule has 0 N–H and O–H groups in total. The summed E-state index contributed by atoms with van der Waals surface area (Å²) in [6.45, 7) is 15.4. The molecule has 15 heavy (non-hydrogen) atoms. The third-order valence-corrected chi connectivity index (χ3v) is 3.43. The third kappa shape index (κ3) is 7.24. The average molecular weight is 235 g/mol. The molecule has 0 radical (unpaired) electrons. The van der Waals surface area contributed by atoms with Crippen LogP contribution in [-0.4, -0.2) is 43.4 Å². The second kappa shape index (κ2) is 8.46. The molecule has 1 unspecified atom stereocenters. The Morgan fingerprint density at radius 1 is 1.07 bits per heavy atom. The summed E-state index contributed by atoms with van der Waals surface area (Å²) in [4.78, 5) is 2.43. The summed E-state index contributed by atoms with van der Waals surface area (Å²) in [6.07, 6.45) is 0. The second-order valence-electron chi connectivity index (χ2n) is 4.12. The van der Waals surface area contributed by atoms with Gasteiger partial charge in [0.15, 0.2) is 8.38 Å². The summed E-state index contributed by atoms with van der Waals surface area (Å²) in [5.41, 5.74) is 0. The van der Waals surface area contributed by atoms with Gasteiger partial charge in [-0.2, -0.15) is 0 Å². The second-order valence-corrected chi connectivity index (χ2v) is 5.51. The van der Waals surface area contributed by atoms with Gasteiger partial charge in [-0.3, -0.25) is 4.90 Å². The van der Waals surface area contributed by atoms with Crippen molar-refractivity contribution in [2.45, 2.75) is 46.7 Å². The molecule has 0 aliphatic heterocycles. The summed E-state index contributed by atoms with van der Waals surface area (Å²) in [5.74, 6) is 0. The lowest BCUT2D eigenvalue weighted by Gasteiger charge is -2.30. The van der Waals surface area contributed by atoms with E-state index in [1.165, 1.54) is 0 Å². The van der Waals surface area contributed by atoms with Crippen LogP contribution in [0.15, 0.2) is 0 Å². The molecule has 92 valence electrons. The summed E-state index contributed by atoms with van der Waals surface area (Å²) >= 11 is 0. The first-order valence-corrected chi connectivity index (χ1v) is 7.36. The van der Waals surface area contributed by atoms with Gasteiger partial charge in [0.05, 0.1) is 13.2 Å². The van der Waals surface area contributed by atoms with Crippen molar-refractivity contribution >= 4 is 8.38 Å². The minimum Gasteiger partial charge on any atom is -0.335 e. The fourth-order valence-electron chi connectivity index (χ4n) is 1.61. The van der Waals surface area contributed by atoms with E-state index >= 15 is 0 Å². The lowest BCUT2D eigenvalue weighted by atomic mass is 10.2. The molecule has 0 aromatic rings. The SMILES string of the molecule is CCOP(C)OCCN(C(C)C)C(C)C. The lowest BCUT2D eigenvalue weighted by Crippen LogP contribution is -2.39. The summed E-state index contributed by atoms with van der Waals surface area (Å²) in [7, 11) is -0.677. The maximum Gasteiger partial charge on any atom is 0.167 e. The van der Waals surface area contributed by atoms with Crippen molar-refractivity contribution in [1.29, 1.82) is 0 Å². The molecule has 3 nitrogen and oxygen atoms in total. The van der Waals surface area contributed by atoms with Crippen molar-refractivity contribution in [3.63, 3.8) is 0 Å². The predicted molar refractivity (Wildman–Crippen MR) is 67.4 cm³/mol. The highest BCUT2D eigenvalue weighted by molar-refractivity contribution is 7.46. The molecule has 0 aromatic carbocycles. The number of rotatable bonds is 8. The molecule has 0 rings (SSSR count). The molecular formula is C11H26NO2P. The third-order valence-electron chi connectivity index (χ3n) is 2.26. The number of hydrogen-bond donors (Lipinski definition) is 0. The Kier molecular flexibility index (Phi) is 8.64. The zero-order chi connectivity index (χ0) is 11.8. The van der Waals surface area contributed by atoms with Crippen LogP contribution in [0.5, 0.6) is 0 Å². The number of nitrogens with zero attached hydrogens (tertiary/aromatic N) is 1. The maximum atomic E-state index is 5.61. The minimum atomic E-state index is -0.677. The standard InChI is InChI=1S/C11H26NO2P/c1-7-13-15(6)14-9-8-12(10(2)3)11(4)5/h10-11H,7-9H2,1-6H3. The van der Waals surface area contributed by atoms with Crippen molar-refractivity contribution in [2.75, 3.05) is 26.4 Å². The molecule has 0 aliphatic rings. The van der Waals surface area contributed by atoms with Crippen LogP contribution >= 0.6 is 8.38 Å². The molecule has 0 aromatic heterocycles. The molecule has 0 fully saturated rings. The van der Waals surface area contributed by atoms with E-state index in [2.05, 4.69) is 32.6 Å². The van der Waals surface area contributed by atoms with E-state index in [0.29, 0.717) is 12.1 Å². The average Bonchev–Trinajstić information content (AvgIpc) is 2.11. The van der Waals surface area contributed by atoms with Crippen LogP contribution < -0.4 is 0 Å². The maximum absolute atomic E-state index is 5.61. The smallest absolute Gasteiger partial charge is 0.167 e. The van der Waals surface area contributed by atoms with Crippen LogP contribution in [0, 0.1) is 0 Å². The molecule has 0 heterocycles. The van der Waals surface area contributed by atoms with Gasteiger partial charge in [0.2, 0.25) is 0 Å². The molecule has 0 saturated heterocycles. The fourth-order valence-corrected chi connectivity index (χ4v) is 2.38. The van der Waals surface area contributed by atoms with Gasteiger partial charge in [-0.05, 0) is 34.6 Å². The molecule has 1 atom stereocenters. The van der Waals surface area contributed by atoms with Gasteiger partial charge in [-0.1, -0.05) is 0 Å². The largest absolute Gasteiger partial charge is 0.335 e. The Labute approximate surface area is 96.0 Å². The van der Waals surface area contributed by atoms with Crippen LogP contribution in [-0.2, 0) is 9.05 Å². The van der Waals surface area contributed by atoms with E-state index in [1.54, 1.807) is 0 Å². The van der Waals surface area contributed by atoms with E-state index in [1.807, 2.05) is 13.6 Å². The Bertz CT molecular complexity index is 146. The Morgan fingerprint density at radius 3 is 2.00 bits per heavy atom. The first-order chi connectivity index (χ1) is 6.99. The fraction of sp³-hybridized carbons (Fsp3) is 1.00. The van der Waals surface area contributed by atoms with Gasteiger partial charge in [0, 0.05) is 25.3 Å². The van der Waals surface area contributed by atoms with Crippen LogP contribution in [0.2, 0.25) is 0 Å². The molecule has 0 saturated carbocycles. The summed E-state index contributed by atoms with van der Waals surface area (Å²) in [6, 6.07) is 1.15. The summed E-state index contributed by atoms with van der Waals surface area (Å²) < 4.78 is 11.0. The van der Waals surface area contributed by atoms with Crippen molar-refractivity contribution in [3.05, 3.63) is 0 Å². The van der Waals surface area contributed by atoms with Gasteiger partial charge in [0.25, 0.3) is 0 Å². The highest BCUT2D eigenvalue weighted by Crippen LogP contribution is 2.32. The van der Waals surface area contributed by atoms with E-state index in [0.717, 1.165) is 19.8 Å². The highest BCUT2D eigenvalue weighted by atomic mass is 31.2. The zero-order valence-corrected chi connectivity index (χ0v) is 11.9. The molecule has 0 spiro atoms. The van der Waals surface area contributed by atoms with E-state index in [4.69, 9.17) is 9.05 Å². The van der Waals surface area contributed by atoms with Crippen molar-refractivity contribution in [3.8, 4) is 0 Å². The van der Waals surface area contributed by atoms with Gasteiger partial charge < -0.3 is 9.05 Å². The van der Waals surface area contributed by atoms with Gasteiger partial charge in [-0.25, -0.2) is 0 Å². The lowest BCUT2D eigenvalue weighted by molar-refractivity contribution is 0.139. The van der Waals surface area contributed by atoms with Crippen molar-refractivity contribution < 1.29 is 9.05 Å². The topological polar surface area (TPSA) is 21.7 Å². The Balaban J connectivity index is 3.71. The quantitative estimate of drug-likeness (QED) is 0.603. The van der Waals surface area contributed by atoms with Gasteiger partial charge in [-0.15, -0.1) is 0 Å². The molecular weight excluding hydrogens is 209 g/mol. The Hall–Kier alpha value is 0.310. The van der Waals surface area contributed by atoms with Crippen LogP contribution in [0.4, 0.5) is 0 Å². The first kappa shape index (κ1) is 15.3.